The van der Waals surface area contributed by atoms with Crippen molar-refractivity contribution in [2.75, 3.05) is 4.72 Å². The molecule has 0 aliphatic rings. The van der Waals surface area contributed by atoms with Crippen LogP contribution in [-0.4, -0.2) is 8.42 Å². The summed E-state index contributed by atoms with van der Waals surface area (Å²) in [5.41, 5.74) is 6.00. The molecule has 0 saturated carbocycles. The molecule has 0 atom stereocenters. The number of benzene rings is 1. The Hall–Kier alpha value is 0.0700. The Morgan fingerprint density at radius 2 is 1.90 bits per heavy atom. The molecule has 9 heteroatoms. The van der Waals surface area contributed by atoms with Gasteiger partial charge in [0.15, 0.2) is 0 Å². The molecule has 0 unspecified atom stereocenters. The number of anilines is 1. The van der Waals surface area contributed by atoms with E-state index in [-0.39, 0.29) is 4.90 Å². The van der Waals surface area contributed by atoms with Crippen LogP contribution >= 0.6 is 59.1 Å². The SMILES string of the molecule is NCc1cc(S(=O)(=O)Nc2ccc(Br)cc2Br)c(Br)s1. The largest absolute Gasteiger partial charge is 0.326 e. The standard InChI is InChI=1S/C11H9Br3N2O2S2/c12-6-1-2-9(8(13)3-6)16-20(17,18)10-4-7(5-15)19-11(10)14/h1-4,16H,5,15H2. The molecule has 4 nitrogen and oxygen atoms in total. The summed E-state index contributed by atoms with van der Waals surface area (Å²) in [5, 5.41) is 0. The van der Waals surface area contributed by atoms with Crippen LogP contribution in [0.3, 0.4) is 0 Å². The average Bonchev–Trinajstić information content (AvgIpc) is 2.75. The number of hydrogen-bond donors (Lipinski definition) is 2. The summed E-state index contributed by atoms with van der Waals surface area (Å²) in [7, 11) is -3.66. The topological polar surface area (TPSA) is 72.2 Å². The van der Waals surface area contributed by atoms with E-state index >= 15 is 0 Å². The predicted octanol–water partition coefficient (Wildman–Crippen LogP) is 4.30. The molecule has 0 fully saturated rings. The van der Waals surface area contributed by atoms with Gasteiger partial charge in [-0.1, -0.05) is 15.9 Å². The second kappa shape index (κ2) is 6.45. The van der Waals surface area contributed by atoms with Crippen LogP contribution in [0.5, 0.6) is 0 Å². The highest BCUT2D eigenvalue weighted by Crippen LogP contribution is 2.34. The lowest BCUT2D eigenvalue weighted by atomic mass is 10.3. The molecule has 0 radical (unpaired) electrons. The number of halogens is 3. The Morgan fingerprint density at radius 3 is 2.45 bits per heavy atom. The third-order valence-electron chi connectivity index (χ3n) is 2.37. The molecule has 0 amide bonds. The first kappa shape index (κ1) is 16.4. The summed E-state index contributed by atoms with van der Waals surface area (Å²) in [6.45, 7) is 0.306. The maximum Gasteiger partial charge on any atom is 0.263 e. The van der Waals surface area contributed by atoms with Gasteiger partial charge in [-0.3, -0.25) is 4.72 Å². The quantitative estimate of drug-likeness (QED) is 0.652. The van der Waals surface area contributed by atoms with E-state index in [0.717, 1.165) is 9.35 Å². The molecule has 1 heterocycles. The van der Waals surface area contributed by atoms with Gasteiger partial charge in [0.25, 0.3) is 10.0 Å². The van der Waals surface area contributed by atoms with Crippen molar-refractivity contribution in [2.45, 2.75) is 11.4 Å². The molecular weight excluding hydrogens is 496 g/mol. The zero-order valence-electron chi connectivity index (χ0n) is 9.86. The fourth-order valence-corrected chi connectivity index (χ4v) is 6.37. The van der Waals surface area contributed by atoms with Gasteiger partial charge >= 0.3 is 0 Å². The van der Waals surface area contributed by atoms with Crippen molar-refractivity contribution in [3.05, 3.63) is 41.9 Å². The van der Waals surface area contributed by atoms with E-state index in [9.17, 15) is 8.42 Å². The summed E-state index contributed by atoms with van der Waals surface area (Å²) in [6.07, 6.45) is 0. The number of nitrogens with two attached hydrogens (primary N) is 1. The van der Waals surface area contributed by atoms with E-state index in [4.69, 9.17) is 5.73 Å². The Kier molecular flexibility index (Phi) is 5.30. The van der Waals surface area contributed by atoms with Crippen molar-refractivity contribution in [3.63, 3.8) is 0 Å². The summed E-state index contributed by atoms with van der Waals surface area (Å²) >= 11 is 11.2. The van der Waals surface area contributed by atoms with Crippen molar-refractivity contribution in [1.29, 1.82) is 0 Å². The molecule has 108 valence electrons. The van der Waals surface area contributed by atoms with E-state index in [1.807, 2.05) is 0 Å². The fourth-order valence-electron chi connectivity index (χ4n) is 1.45. The molecule has 1 aromatic carbocycles. The van der Waals surface area contributed by atoms with E-state index < -0.39 is 10.0 Å². The minimum atomic E-state index is -3.66. The highest BCUT2D eigenvalue weighted by atomic mass is 79.9. The summed E-state index contributed by atoms with van der Waals surface area (Å²) in [4.78, 5) is 0.991. The van der Waals surface area contributed by atoms with Crippen LogP contribution in [0, 0.1) is 0 Å². The first-order chi connectivity index (χ1) is 9.33. The van der Waals surface area contributed by atoms with Crippen LogP contribution in [0.2, 0.25) is 0 Å². The van der Waals surface area contributed by atoms with Crippen molar-refractivity contribution in [3.8, 4) is 0 Å². The minimum Gasteiger partial charge on any atom is -0.326 e. The molecule has 0 saturated heterocycles. The van der Waals surface area contributed by atoms with Crippen LogP contribution in [0.1, 0.15) is 4.88 Å². The van der Waals surface area contributed by atoms with Gasteiger partial charge in [-0.2, -0.15) is 0 Å². The van der Waals surface area contributed by atoms with Gasteiger partial charge in [0.2, 0.25) is 0 Å². The number of sulfonamides is 1. The third-order valence-corrected chi connectivity index (χ3v) is 7.16. The van der Waals surface area contributed by atoms with Crippen LogP contribution in [0.15, 0.2) is 41.9 Å². The molecule has 1 aromatic heterocycles. The molecular formula is C11H9Br3N2O2S2. The second-order valence-electron chi connectivity index (χ2n) is 3.78. The molecule has 20 heavy (non-hydrogen) atoms. The highest BCUT2D eigenvalue weighted by Gasteiger charge is 2.21. The molecule has 0 aliphatic carbocycles. The zero-order valence-corrected chi connectivity index (χ0v) is 16.3. The van der Waals surface area contributed by atoms with Crippen molar-refractivity contribution in [1.82, 2.24) is 0 Å². The van der Waals surface area contributed by atoms with Crippen LogP contribution in [0.4, 0.5) is 5.69 Å². The normalized spacial score (nSPS) is 11.6. The number of hydrogen-bond acceptors (Lipinski definition) is 4. The van der Waals surface area contributed by atoms with Crippen molar-refractivity contribution >= 4 is 74.8 Å². The van der Waals surface area contributed by atoms with Crippen LogP contribution in [-0.2, 0) is 16.6 Å². The maximum absolute atomic E-state index is 12.4. The maximum atomic E-state index is 12.4. The molecule has 0 spiro atoms. The summed E-state index contributed by atoms with van der Waals surface area (Å²) in [5.74, 6) is 0. The Balaban J connectivity index is 2.38. The second-order valence-corrected chi connectivity index (χ2v) is 9.66. The zero-order chi connectivity index (χ0) is 14.9. The van der Waals surface area contributed by atoms with E-state index in [2.05, 4.69) is 52.5 Å². The molecule has 0 bridgehead atoms. The average molecular weight is 505 g/mol. The first-order valence-electron chi connectivity index (χ1n) is 5.29. The number of thiophene rings is 1. The number of rotatable bonds is 4. The highest BCUT2D eigenvalue weighted by molar-refractivity contribution is 9.11. The minimum absolute atomic E-state index is 0.192. The fraction of sp³-hybridized carbons (Fsp3) is 0.0909. The van der Waals surface area contributed by atoms with E-state index in [1.54, 1.807) is 24.3 Å². The summed E-state index contributed by atoms with van der Waals surface area (Å²) in [6, 6.07) is 6.78. The Bertz CT molecular complexity index is 744. The van der Waals surface area contributed by atoms with Crippen LogP contribution in [0.25, 0.3) is 0 Å². The van der Waals surface area contributed by atoms with Crippen molar-refractivity contribution < 1.29 is 8.42 Å². The monoisotopic (exact) mass is 502 g/mol. The van der Waals surface area contributed by atoms with Gasteiger partial charge in [-0.05, 0) is 56.1 Å². The first-order valence-corrected chi connectivity index (χ1v) is 9.97. The van der Waals surface area contributed by atoms with Gasteiger partial charge < -0.3 is 5.73 Å². The van der Waals surface area contributed by atoms with Crippen molar-refractivity contribution in [2.24, 2.45) is 5.73 Å². The van der Waals surface area contributed by atoms with E-state index in [0.29, 0.717) is 20.5 Å². The lowest BCUT2D eigenvalue weighted by Gasteiger charge is -2.09. The molecule has 2 rings (SSSR count). The van der Waals surface area contributed by atoms with E-state index in [1.165, 1.54) is 11.3 Å². The van der Waals surface area contributed by atoms with Gasteiger partial charge in [-0.25, -0.2) is 8.42 Å². The molecule has 0 aliphatic heterocycles. The molecule has 2 aromatic rings. The lowest BCUT2D eigenvalue weighted by Crippen LogP contribution is -2.13. The Morgan fingerprint density at radius 1 is 1.20 bits per heavy atom. The van der Waals surface area contributed by atoms with Crippen LogP contribution < -0.4 is 10.5 Å². The number of nitrogens with one attached hydrogen (secondary N) is 1. The molecule has 3 N–H and O–H groups in total. The van der Waals surface area contributed by atoms with Gasteiger partial charge in [-0.15, -0.1) is 11.3 Å². The Labute approximate surface area is 146 Å². The van der Waals surface area contributed by atoms with Gasteiger partial charge in [0.05, 0.1) is 9.47 Å². The lowest BCUT2D eigenvalue weighted by molar-refractivity contribution is 0.601. The smallest absolute Gasteiger partial charge is 0.263 e. The third kappa shape index (κ3) is 3.63. The predicted molar refractivity (Wildman–Crippen MR) is 92.6 cm³/mol. The van der Waals surface area contributed by atoms with Gasteiger partial charge in [0, 0.05) is 20.4 Å². The summed E-state index contributed by atoms with van der Waals surface area (Å²) < 4.78 is 29.4. The van der Waals surface area contributed by atoms with Gasteiger partial charge in [0.1, 0.15) is 4.90 Å².